The third-order valence-corrected chi connectivity index (χ3v) is 4.49. The van der Waals surface area contributed by atoms with E-state index in [1.54, 1.807) is 18.2 Å². The molecule has 0 spiro atoms. The van der Waals surface area contributed by atoms with E-state index in [-0.39, 0.29) is 11.8 Å². The van der Waals surface area contributed by atoms with Crippen LogP contribution in [0.3, 0.4) is 0 Å². The van der Waals surface area contributed by atoms with Crippen molar-refractivity contribution in [3.8, 4) is 0 Å². The number of benzene rings is 1. The highest BCUT2D eigenvalue weighted by molar-refractivity contribution is 7.90. The van der Waals surface area contributed by atoms with Crippen LogP contribution in [-0.4, -0.2) is 19.7 Å². The van der Waals surface area contributed by atoms with Gasteiger partial charge in [-0.1, -0.05) is 38.2 Å². The zero-order valence-corrected chi connectivity index (χ0v) is 11.8. The van der Waals surface area contributed by atoms with E-state index in [4.69, 9.17) is 18.0 Å². The molecule has 0 aromatic heterocycles. The molecule has 0 fully saturated rings. The van der Waals surface area contributed by atoms with Crippen molar-refractivity contribution in [3.63, 3.8) is 0 Å². The Kier molecular flexibility index (Phi) is 4.27. The number of rotatable bonds is 4. The molecule has 1 aromatic carbocycles. The summed E-state index contributed by atoms with van der Waals surface area (Å²) in [6, 6.07) is 6.92. The van der Waals surface area contributed by atoms with Gasteiger partial charge in [-0.15, -0.1) is 0 Å². The minimum atomic E-state index is -3.17. The highest BCUT2D eigenvalue weighted by Gasteiger charge is 2.18. The molecule has 0 heterocycles. The Labute approximate surface area is 108 Å². The summed E-state index contributed by atoms with van der Waals surface area (Å²) in [7, 11) is -3.17. The van der Waals surface area contributed by atoms with Crippen LogP contribution in [0, 0.1) is 5.92 Å². The molecule has 17 heavy (non-hydrogen) atoms. The molecule has 0 saturated carbocycles. The average molecular weight is 271 g/mol. The fraction of sp³-hybridized carbons (Fsp3) is 0.417. The predicted molar refractivity (Wildman–Crippen MR) is 73.9 cm³/mol. The van der Waals surface area contributed by atoms with Crippen LogP contribution < -0.4 is 5.73 Å². The average Bonchev–Trinajstić information content (AvgIpc) is 2.26. The van der Waals surface area contributed by atoms with Crippen molar-refractivity contribution < 1.29 is 8.42 Å². The highest BCUT2D eigenvalue weighted by Crippen LogP contribution is 2.26. The fourth-order valence-corrected chi connectivity index (χ4v) is 2.44. The van der Waals surface area contributed by atoms with Gasteiger partial charge in [-0.25, -0.2) is 8.42 Å². The summed E-state index contributed by atoms with van der Waals surface area (Å²) in [4.78, 5) is 0.777. The summed E-state index contributed by atoms with van der Waals surface area (Å²) in [5.41, 5.74) is 6.55. The lowest BCUT2D eigenvalue weighted by molar-refractivity contribution is 0.600. The topological polar surface area (TPSA) is 60.2 Å². The van der Waals surface area contributed by atoms with Gasteiger partial charge >= 0.3 is 0 Å². The zero-order valence-electron chi connectivity index (χ0n) is 10.2. The van der Waals surface area contributed by atoms with Gasteiger partial charge in [-0.3, -0.25) is 0 Å². The zero-order chi connectivity index (χ0) is 13.2. The van der Waals surface area contributed by atoms with Crippen LogP contribution in [0.1, 0.15) is 25.3 Å². The molecule has 5 heteroatoms. The monoisotopic (exact) mass is 271 g/mol. The second-order valence-electron chi connectivity index (χ2n) is 4.32. The number of sulfone groups is 1. The van der Waals surface area contributed by atoms with Crippen molar-refractivity contribution >= 4 is 27.0 Å². The number of nitrogens with two attached hydrogens (primary N) is 1. The molecule has 2 N–H and O–H groups in total. The van der Waals surface area contributed by atoms with Gasteiger partial charge in [0.25, 0.3) is 0 Å². The molecule has 0 saturated heterocycles. The van der Waals surface area contributed by atoms with Crippen molar-refractivity contribution in [2.45, 2.75) is 24.7 Å². The summed E-state index contributed by atoms with van der Waals surface area (Å²) < 4.78 is 22.9. The minimum Gasteiger partial charge on any atom is -0.393 e. The van der Waals surface area contributed by atoms with E-state index in [2.05, 4.69) is 0 Å². The Morgan fingerprint density at radius 1 is 1.35 bits per heavy atom. The number of hydrogen-bond donors (Lipinski definition) is 1. The molecule has 1 aromatic rings. The fourth-order valence-electron chi connectivity index (χ4n) is 1.56. The maximum atomic E-state index is 11.5. The Hall–Kier alpha value is -0.940. The smallest absolute Gasteiger partial charge is 0.175 e. The molecule has 2 atom stereocenters. The second-order valence-corrected chi connectivity index (χ2v) is 6.81. The molecule has 0 aliphatic carbocycles. The third kappa shape index (κ3) is 3.51. The van der Waals surface area contributed by atoms with Gasteiger partial charge in [-0.2, -0.15) is 0 Å². The highest BCUT2D eigenvalue weighted by atomic mass is 32.2. The maximum absolute atomic E-state index is 11.5. The van der Waals surface area contributed by atoms with Crippen LogP contribution in [0.25, 0.3) is 0 Å². The van der Waals surface area contributed by atoms with Crippen LogP contribution in [0.4, 0.5) is 0 Å². The van der Waals surface area contributed by atoms with E-state index >= 15 is 0 Å². The lowest BCUT2D eigenvalue weighted by Gasteiger charge is -2.19. The van der Waals surface area contributed by atoms with Gasteiger partial charge in [0.2, 0.25) is 0 Å². The lowest BCUT2D eigenvalue weighted by atomic mass is 9.89. The Morgan fingerprint density at radius 3 is 2.41 bits per heavy atom. The normalized spacial score (nSPS) is 15.2. The molecule has 0 amide bonds. The first-order valence-corrected chi connectivity index (χ1v) is 7.62. The van der Waals surface area contributed by atoms with Gasteiger partial charge < -0.3 is 5.73 Å². The minimum absolute atomic E-state index is 0.0415. The Balaban J connectivity index is 3.12. The molecule has 2 unspecified atom stereocenters. The molecule has 0 bridgehead atoms. The summed E-state index contributed by atoms with van der Waals surface area (Å²) in [5, 5.41) is 0. The van der Waals surface area contributed by atoms with E-state index in [1.807, 2.05) is 19.9 Å². The molecular weight excluding hydrogens is 254 g/mol. The van der Waals surface area contributed by atoms with Crippen molar-refractivity contribution in [2.24, 2.45) is 11.7 Å². The summed E-state index contributed by atoms with van der Waals surface area (Å²) in [5.74, 6) is 0.147. The third-order valence-electron chi connectivity index (χ3n) is 3.01. The van der Waals surface area contributed by atoms with Crippen molar-refractivity contribution in [1.82, 2.24) is 0 Å². The molecule has 1 rings (SSSR count). The molecule has 3 nitrogen and oxygen atoms in total. The van der Waals surface area contributed by atoms with Crippen molar-refractivity contribution in [1.29, 1.82) is 0 Å². The number of hydrogen-bond acceptors (Lipinski definition) is 3. The van der Waals surface area contributed by atoms with E-state index in [0.29, 0.717) is 9.88 Å². The van der Waals surface area contributed by atoms with Crippen LogP contribution >= 0.6 is 12.2 Å². The van der Waals surface area contributed by atoms with Gasteiger partial charge in [0, 0.05) is 12.2 Å². The molecular formula is C12H17NO2S2. The Bertz CT molecular complexity index is 523. The molecule has 94 valence electrons. The largest absolute Gasteiger partial charge is 0.393 e. The van der Waals surface area contributed by atoms with E-state index in [9.17, 15) is 8.42 Å². The first-order chi connectivity index (χ1) is 7.73. The summed E-state index contributed by atoms with van der Waals surface area (Å²) in [6.07, 6.45) is 1.20. The van der Waals surface area contributed by atoms with Crippen molar-refractivity contribution in [3.05, 3.63) is 29.8 Å². The first kappa shape index (κ1) is 14.1. The van der Waals surface area contributed by atoms with E-state index < -0.39 is 9.84 Å². The summed E-state index contributed by atoms with van der Waals surface area (Å²) in [6.45, 7) is 3.94. The number of thiocarbonyl (C=S) groups is 1. The van der Waals surface area contributed by atoms with Gasteiger partial charge in [-0.05, 0) is 23.6 Å². The van der Waals surface area contributed by atoms with Gasteiger partial charge in [0.15, 0.2) is 9.84 Å². The van der Waals surface area contributed by atoms with Gasteiger partial charge in [0.1, 0.15) is 0 Å². The Morgan fingerprint density at radius 2 is 1.94 bits per heavy atom. The van der Waals surface area contributed by atoms with Crippen LogP contribution in [0.5, 0.6) is 0 Å². The van der Waals surface area contributed by atoms with E-state index in [1.165, 1.54) is 6.26 Å². The van der Waals surface area contributed by atoms with Crippen LogP contribution in [0.2, 0.25) is 0 Å². The van der Waals surface area contributed by atoms with Crippen molar-refractivity contribution in [2.75, 3.05) is 6.26 Å². The lowest BCUT2D eigenvalue weighted by Crippen LogP contribution is -2.23. The molecule has 0 aliphatic heterocycles. The van der Waals surface area contributed by atoms with Crippen LogP contribution in [0.15, 0.2) is 29.2 Å². The maximum Gasteiger partial charge on any atom is 0.175 e. The summed E-state index contributed by atoms with van der Waals surface area (Å²) >= 11 is 4.96. The second kappa shape index (κ2) is 5.14. The predicted octanol–water partition coefficient (Wildman–Crippen LogP) is 2.12. The molecule has 0 aliphatic rings. The van der Waals surface area contributed by atoms with Crippen LogP contribution in [-0.2, 0) is 9.84 Å². The molecule has 0 radical (unpaired) electrons. The quantitative estimate of drug-likeness (QED) is 0.852. The van der Waals surface area contributed by atoms with E-state index in [0.717, 1.165) is 5.56 Å². The standard InChI is InChI=1S/C12H17NO2S2/c1-8(9(2)12(13)16)10-5-4-6-11(7-10)17(3,14)15/h4-9H,1-3H3,(H2,13,16). The van der Waals surface area contributed by atoms with Gasteiger partial charge in [0.05, 0.1) is 9.88 Å². The SMILES string of the molecule is CC(C(N)=S)C(C)c1cccc(S(C)(=O)=O)c1. The first-order valence-electron chi connectivity index (χ1n) is 5.33.